The highest BCUT2D eigenvalue weighted by Crippen LogP contribution is 2.30. The summed E-state index contributed by atoms with van der Waals surface area (Å²) in [6, 6.07) is 0. The molecular weight excluding hydrogens is 328 g/mol. The number of hydrogen-bond acceptors (Lipinski definition) is 5. The van der Waals surface area contributed by atoms with Crippen LogP contribution in [0.5, 0.6) is 0 Å². The summed E-state index contributed by atoms with van der Waals surface area (Å²) in [6.07, 6.45) is 4.31. The second-order valence-corrected chi connectivity index (χ2v) is 9.36. The summed E-state index contributed by atoms with van der Waals surface area (Å²) in [4.78, 5) is 17.0. The molecule has 0 bridgehead atoms. The predicted molar refractivity (Wildman–Crippen MR) is 105 cm³/mol. The van der Waals surface area contributed by atoms with Gasteiger partial charge in [-0.05, 0) is 46.5 Å². The van der Waals surface area contributed by atoms with Crippen LogP contribution < -0.4 is 5.32 Å². The third-order valence-electron chi connectivity index (χ3n) is 3.72. The number of thiol groups is 1. The Bertz CT molecular complexity index is 377. The fourth-order valence-electron chi connectivity index (χ4n) is 1.55. The normalized spacial score (nSPS) is 13.1. The number of nitrogens with zero attached hydrogens (tertiary/aromatic N) is 1. The van der Waals surface area contributed by atoms with E-state index < -0.39 is 0 Å². The van der Waals surface area contributed by atoms with E-state index in [0.29, 0.717) is 19.6 Å². The van der Waals surface area contributed by atoms with E-state index in [0.717, 1.165) is 31.4 Å². The quantitative estimate of drug-likeness (QED) is 0.182. The molecule has 4 nitrogen and oxygen atoms in total. The zero-order valence-corrected chi connectivity index (χ0v) is 17.3. The van der Waals surface area contributed by atoms with Gasteiger partial charge in [0.1, 0.15) is 6.61 Å². The average Bonchev–Trinajstić information content (AvgIpc) is 2.44. The second kappa shape index (κ2) is 11.2. The van der Waals surface area contributed by atoms with Crippen molar-refractivity contribution in [1.82, 2.24) is 5.32 Å². The van der Waals surface area contributed by atoms with E-state index in [1.807, 2.05) is 6.92 Å². The van der Waals surface area contributed by atoms with Crippen molar-refractivity contribution in [1.29, 1.82) is 0 Å². The number of rotatable bonds is 11. The van der Waals surface area contributed by atoms with Crippen molar-refractivity contribution in [3.8, 4) is 0 Å². The highest BCUT2D eigenvalue weighted by Gasteiger charge is 2.16. The molecule has 0 aromatic carbocycles. The molecule has 23 heavy (non-hydrogen) atoms. The number of amides is 1. The van der Waals surface area contributed by atoms with Gasteiger partial charge < -0.3 is 10.2 Å². The summed E-state index contributed by atoms with van der Waals surface area (Å²) in [5.41, 5.74) is 1.05. The minimum atomic E-state index is 0.0537. The van der Waals surface area contributed by atoms with Crippen LogP contribution in [-0.4, -0.2) is 29.5 Å². The van der Waals surface area contributed by atoms with Gasteiger partial charge in [0.25, 0.3) is 0 Å². The second-order valence-electron chi connectivity index (χ2n) is 7.52. The molecule has 0 spiro atoms. The number of hydrogen-bond donors (Lipinski definition) is 2. The number of carbonyl (C=O) groups is 1. The third-order valence-corrected chi connectivity index (χ3v) is 5.90. The van der Waals surface area contributed by atoms with Gasteiger partial charge in [-0.1, -0.05) is 36.7 Å². The highest BCUT2D eigenvalue weighted by atomic mass is 33.1. The summed E-state index contributed by atoms with van der Waals surface area (Å²) < 4.78 is 0.0967. The monoisotopic (exact) mass is 362 g/mol. The van der Waals surface area contributed by atoms with E-state index in [1.54, 1.807) is 0 Å². The van der Waals surface area contributed by atoms with Crippen LogP contribution in [0.15, 0.2) is 5.16 Å². The molecule has 0 aliphatic carbocycles. The van der Waals surface area contributed by atoms with Crippen LogP contribution in [0.3, 0.4) is 0 Å². The summed E-state index contributed by atoms with van der Waals surface area (Å²) in [5.74, 6) is 0.132. The smallest absolute Gasteiger partial charge is 0.219 e. The predicted octanol–water partition coefficient (Wildman–Crippen LogP) is 4.85. The van der Waals surface area contributed by atoms with E-state index in [4.69, 9.17) is 4.84 Å². The first kappa shape index (κ1) is 22.6. The van der Waals surface area contributed by atoms with Gasteiger partial charge in [-0.3, -0.25) is 4.79 Å². The summed E-state index contributed by atoms with van der Waals surface area (Å²) >= 11 is 4.23. The Labute approximate surface area is 151 Å². The van der Waals surface area contributed by atoms with Crippen LogP contribution in [0.1, 0.15) is 73.6 Å². The molecule has 0 atom stereocenters. The van der Waals surface area contributed by atoms with Gasteiger partial charge in [-0.25, -0.2) is 0 Å². The van der Waals surface area contributed by atoms with E-state index in [2.05, 4.69) is 56.8 Å². The molecule has 0 radical (unpaired) electrons. The molecule has 1 amide bonds. The molecule has 0 unspecified atom stereocenters. The zero-order chi connectivity index (χ0) is 17.9. The lowest BCUT2D eigenvalue weighted by Gasteiger charge is -2.20. The van der Waals surface area contributed by atoms with Crippen molar-refractivity contribution in [3.63, 3.8) is 0 Å². The van der Waals surface area contributed by atoms with Crippen LogP contribution in [0, 0.1) is 5.41 Å². The number of nitrogens with one attached hydrogen (secondary N) is 1. The molecule has 6 heteroatoms. The minimum absolute atomic E-state index is 0.0537. The molecule has 0 aliphatic rings. The van der Waals surface area contributed by atoms with Gasteiger partial charge in [-0.2, -0.15) is 0 Å². The molecule has 136 valence electrons. The fraction of sp³-hybridized carbons (Fsp3) is 0.882. The molecule has 0 saturated heterocycles. The molecular formula is C17H34N2O2S2. The largest absolute Gasteiger partial charge is 0.396 e. The molecule has 0 rings (SSSR count). The lowest BCUT2D eigenvalue weighted by atomic mass is 9.91. The fourth-order valence-corrected chi connectivity index (χ4v) is 2.01. The zero-order valence-electron chi connectivity index (χ0n) is 15.6. The van der Waals surface area contributed by atoms with Crippen LogP contribution >= 0.6 is 22.5 Å². The minimum Gasteiger partial charge on any atom is -0.396 e. The van der Waals surface area contributed by atoms with Gasteiger partial charge in [0, 0.05) is 23.1 Å². The van der Waals surface area contributed by atoms with Crippen molar-refractivity contribution in [2.75, 3.05) is 13.2 Å². The van der Waals surface area contributed by atoms with Gasteiger partial charge in [0.2, 0.25) is 5.91 Å². The number of unbranched alkanes of at least 4 members (excludes halogenated alkanes) is 2. The van der Waals surface area contributed by atoms with E-state index in [9.17, 15) is 4.79 Å². The Balaban J connectivity index is 3.60. The Morgan fingerprint density at radius 1 is 1.17 bits per heavy atom. The SMILES string of the molecule is C/C(=N/OCCCCCC(=O)NCCC(C)(C)SS)C(C)(C)C. The van der Waals surface area contributed by atoms with Crippen molar-refractivity contribution >= 4 is 34.1 Å². The molecule has 0 aromatic rings. The van der Waals surface area contributed by atoms with Crippen LogP contribution in [0.4, 0.5) is 0 Å². The van der Waals surface area contributed by atoms with Gasteiger partial charge >= 0.3 is 0 Å². The molecule has 0 heterocycles. The van der Waals surface area contributed by atoms with Gasteiger partial charge in [-0.15, -0.1) is 11.7 Å². The number of oxime groups is 1. The van der Waals surface area contributed by atoms with Crippen molar-refractivity contribution in [3.05, 3.63) is 0 Å². The topological polar surface area (TPSA) is 50.7 Å². The molecule has 0 saturated carbocycles. The molecule has 1 N–H and O–H groups in total. The first-order chi connectivity index (χ1) is 10.6. The van der Waals surface area contributed by atoms with Crippen molar-refractivity contribution in [2.45, 2.75) is 78.4 Å². The summed E-state index contributed by atoms with van der Waals surface area (Å²) in [5, 5.41) is 7.10. The molecule has 0 fully saturated rings. The van der Waals surface area contributed by atoms with Crippen LogP contribution in [0.2, 0.25) is 0 Å². The van der Waals surface area contributed by atoms with Crippen molar-refractivity contribution in [2.24, 2.45) is 10.6 Å². The van der Waals surface area contributed by atoms with E-state index in [-0.39, 0.29) is 16.1 Å². The Hall–Kier alpha value is -0.360. The van der Waals surface area contributed by atoms with Crippen molar-refractivity contribution < 1.29 is 9.63 Å². The first-order valence-electron chi connectivity index (χ1n) is 8.35. The Morgan fingerprint density at radius 2 is 1.83 bits per heavy atom. The maximum Gasteiger partial charge on any atom is 0.219 e. The molecule has 0 aromatic heterocycles. The maximum absolute atomic E-state index is 11.7. The van der Waals surface area contributed by atoms with Gasteiger partial charge in [0.15, 0.2) is 0 Å². The lowest BCUT2D eigenvalue weighted by Crippen LogP contribution is -2.28. The van der Waals surface area contributed by atoms with Crippen LogP contribution in [-0.2, 0) is 9.63 Å². The highest BCUT2D eigenvalue weighted by molar-refractivity contribution is 8.69. The maximum atomic E-state index is 11.7. The van der Waals surface area contributed by atoms with E-state index >= 15 is 0 Å². The number of carbonyl (C=O) groups excluding carboxylic acids is 1. The average molecular weight is 363 g/mol. The lowest BCUT2D eigenvalue weighted by molar-refractivity contribution is -0.121. The van der Waals surface area contributed by atoms with E-state index in [1.165, 1.54) is 10.8 Å². The Kier molecular flexibility index (Phi) is 11.1. The summed E-state index contributed by atoms with van der Waals surface area (Å²) in [6.45, 7) is 13.9. The van der Waals surface area contributed by atoms with Crippen LogP contribution in [0.25, 0.3) is 0 Å². The Morgan fingerprint density at radius 3 is 2.39 bits per heavy atom. The first-order valence-corrected chi connectivity index (χ1v) is 10.2. The molecule has 0 aliphatic heterocycles. The van der Waals surface area contributed by atoms with Gasteiger partial charge in [0.05, 0.1) is 5.71 Å². The summed E-state index contributed by atoms with van der Waals surface area (Å²) in [7, 11) is 1.53. The standard InChI is InChI=1S/C17H34N2O2S2/c1-14(16(2,3)4)19-21-13-9-7-8-10-15(20)18-12-11-17(5,6)23-22/h22H,7-13H2,1-6H3,(H,18,20)/b19-14-. The third kappa shape index (κ3) is 12.7.